The van der Waals surface area contributed by atoms with Gasteiger partial charge in [-0.1, -0.05) is 41.9 Å². The highest BCUT2D eigenvalue weighted by molar-refractivity contribution is 6.30. The molecule has 4 rings (SSSR count). The molecule has 3 aromatic rings. The van der Waals surface area contributed by atoms with E-state index in [1.54, 1.807) is 6.26 Å². The van der Waals surface area contributed by atoms with E-state index in [1.807, 2.05) is 47.5 Å². The number of nitrogens with zero attached hydrogens (tertiary/aromatic N) is 2. The Morgan fingerprint density at radius 2 is 1.74 bits per heavy atom. The van der Waals surface area contributed by atoms with Crippen LogP contribution < -0.4 is 5.01 Å². The summed E-state index contributed by atoms with van der Waals surface area (Å²) in [7, 11) is 0. The van der Waals surface area contributed by atoms with Gasteiger partial charge in [0.15, 0.2) is 0 Å². The van der Waals surface area contributed by atoms with Crippen LogP contribution in [0.5, 0.6) is 0 Å². The van der Waals surface area contributed by atoms with Crippen LogP contribution in [0.2, 0.25) is 5.02 Å². The number of benzene rings is 2. The maximum Gasteiger partial charge on any atom is 0.149 e. The number of hydrogen-bond acceptors (Lipinski definition) is 3. The highest BCUT2D eigenvalue weighted by Gasteiger charge is 2.30. The first-order valence-corrected chi connectivity index (χ1v) is 7.90. The van der Waals surface area contributed by atoms with E-state index in [2.05, 4.69) is 24.3 Å². The number of anilines is 1. The van der Waals surface area contributed by atoms with Gasteiger partial charge in [-0.05, 0) is 42.0 Å². The Balaban J connectivity index is 1.75. The van der Waals surface area contributed by atoms with Gasteiger partial charge in [0.05, 0.1) is 18.0 Å². The first kappa shape index (κ1) is 14.1. The van der Waals surface area contributed by atoms with Crippen LogP contribution in [0.25, 0.3) is 0 Å². The van der Waals surface area contributed by atoms with E-state index in [0.717, 1.165) is 28.6 Å². The Labute approximate surface area is 139 Å². The van der Waals surface area contributed by atoms with E-state index in [1.165, 1.54) is 5.56 Å². The van der Waals surface area contributed by atoms with Crippen molar-refractivity contribution in [3.63, 3.8) is 0 Å². The third-order valence-electron chi connectivity index (χ3n) is 3.99. The first-order chi connectivity index (χ1) is 11.3. The van der Waals surface area contributed by atoms with Crippen LogP contribution in [0.4, 0.5) is 5.69 Å². The van der Waals surface area contributed by atoms with E-state index in [9.17, 15) is 0 Å². The second-order valence-electron chi connectivity index (χ2n) is 5.48. The SMILES string of the molecule is Clc1ccc(N2N=C(c3ccco3)CC2c2ccccc2)cc1. The van der Waals surface area contributed by atoms with Crippen LogP contribution in [0.1, 0.15) is 23.8 Å². The summed E-state index contributed by atoms with van der Waals surface area (Å²) in [4.78, 5) is 0. The lowest BCUT2D eigenvalue weighted by Crippen LogP contribution is -2.18. The molecule has 1 atom stereocenters. The zero-order chi connectivity index (χ0) is 15.6. The predicted molar refractivity (Wildman–Crippen MR) is 93.0 cm³/mol. The topological polar surface area (TPSA) is 28.7 Å². The molecule has 0 aliphatic carbocycles. The van der Waals surface area contributed by atoms with Crippen molar-refractivity contribution in [3.05, 3.63) is 89.3 Å². The van der Waals surface area contributed by atoms with Crippen molar-refractivity contribution in [1.29, 1.82) is 0 Å². The van der Waals surface area contributed by atoms with Gasteiger partial charge in [-0.3, -0.25) is 5.01 Å². The summed E-state index contributed by atoms with van der Waals surface area (Å²) >= 11 is 6.01. The molecule has 2 heterocycles. The third-order valence-corrected chi connectivity index (χ3v) is 4.24. The van der Waals surface area contributed by atoms with Gasteiger partial charge in [0, 0.05) is 11.4 Å². The van der Waals surface area contributed by atoms with Crippen molar-refractivity contribution in [3.8, 4) is 0 Å². The van der Waals surface area contributed by atoms with Crippen LogP contribution in [0.15, 0.2) is 82.5 Å². The van der Waals surface area contributed by atoms with Gasteiger partial charge in [-0.2, -0.15) is 5.10 Å². The van der Waals surface area contributed by atoms with Gasteiger partial charge in [-0.25, -0.2) is 0 Å². The summed E-state index contributed by atoms with van der Waals surface area (Å²) in [5.74, 6) is 0.822. The van der Waals surface area contributed by atoms with Gasteiger partial charge in [0.1, 0.15) is 11.5 Å². The Morgan fingerprint density at radius 3 is 2.43 bits per heavy atom. The Morgan fingerprint density at radius 1 is 0.957 bits per heavy atom. The molecule has 114 valence electrons. The van der Waals surface area contributed by atoms with Crippen LogP contribution in [-0.4, -0.2) is 5.71 Å². The van der Waals surface area contributed by atoms with Crippen molar-refractivity contribution in [2.45, 2.75) is 12.5 Å². The maximum atomic E-state index is 6.01. The molecule has 1 aliphatic heterocycles. The Bertz CT molecular complexity index is 810. The molecule has 0 spiro atoms. The molecule has 0 fully saturated rings. The fourth-order valence-corrected chi connectivity index (χ4v) is 2.99. The summed E-state index contributed by atoms with van der Waals surface area (Å²) in [5, 5.41) is 7.57. The van der Waals surface area contributed by atoms with Crippen molar-refractivity contribution in [2.24, 2.45) is 5.10 Å². The maximum absolute atomic E-state index is 6.01. The minimum absolute atomic E-state index is 0.150. The van der Waals surface area contributed by atoms with Gasteiger partial charge in [-0.15, -0.1) is 0 Å². The average Bonchev–Trinajstić information content (AvgIpc) is 3.26. The smallest absolute Gasteiger partial charge is 0.149 e. The average molecular weight is 323 g/mol. The van der Waals surface area contributed by atoms with Gasteiger partial charge in [0.25, 0.3) is 0 Å². The number of furan rings is 1. The van der Waals surface area contributed by atoms with Crippen molar-refractivity contribution in [1.82, 2.24) is 0 Å². The first-order valence-electron chi connectivity index (χ1n) is 7.52. The van der Waals surface area contributed by atoms with Crippen LogP contribution in [-0.2, 0) is 0 Å². The number of rotatable bonds is 3. The molecular weight excluding hydrogens is 308 g/mol. The van der Waals surface area contributed by atoms with Crippen molar-refractivity contribution < 1.29 is 4.42 Å². The number of hydrogen-bond donors (Lipinski definition) is 0. The van der Waals surface area contributed by atoms with E-state index in [4.69, 9.17) is 21.1 Å². The second kappa shape index (κ2) is 5.94. The fourth-order valence-electron chi connectivity index (χ4n) is 2.87. The standard InChI is InChI=1S/C19H15ClN2O/c20-15-8-10-16(11-9-15)22-18(14-5-2-1-3-6-14)13-17(21-22)19-7-4-12-23-19/h1-12,18H,13H2. The van der Waals surface area contributed by atoms with Crippen molar-refractivity contribution in [2.75, 3.05) is 5.01 Å². The lowest BCUT2D eigenvalue weighted by atomic mass is 10.0. The lowest BCUT2D eigenvalue weighted by Gasteiger charge is -2.24. The quantitative estimate of drug-likeness (QED) is 0.655. The van der Waals surface area contributed by atoms with Crippen LogP contribution in [0, 0.1) is 0 Å². The molecule has 0 radical (unpaired) electrons. The highest BCUT2D eigenvalue weighted by Crippen LogP contribution is 2.36. The second-order valence-corrected chi connectivity index (χ2v) is 5.91. The predicted octanol–water partition coefficient (Wildman–Crippen LogP) is 5.29. The summed E-state index contributed by atoms with van der Waals surface area (Å²) in [6.07, 6.45) is 2.49. The fraction of sp³-hybridized carbons (Fsp3) is 0.105. The number of hydrazone groups is 1. The van der Waals surface area contributed by atoms with E-state index < -0.39 is 0 Å². The summed E-state index contributed by atoms with van der Waals surface area (Å²) in [6, 6.07) is 22.2. The largest absolute Gasteiger partial charge is 0.463 e. The molecule has 4 heteroatoms. The molecule has 0 amide bonds. The van der Waals surface area contributed by atoms with Crippen molar-refractivity contribution >= 4 is 23.0 Å². The minimum Gasteiger partial charge on any atom is -0.463 e. The van der Waals surface area contributed by atoms with Gasteiger partial charge >= 0.3 is 0 Å². The molecule has 1 unspecified atom stereocenters. The molecule has 0 saturated heterocycles. The van der Waals surface area contributed by atoms with E-state index in [0.29, 0.717) is 0 Å². The van der Waals surface area contributed by atoms with Gasteiger partial charge < -0.3 is 4.42 Å². The van der Waals surface area contributed by atoms with Gasteiger partial charge in [0.2, 0.25) is 0 Å². The molecule has 2 aromatic carbocycles. The van der Waals surface area contributed by atoms with E-state index in [-0.39, 0.29) is 6.04 Å². The molecule has 0 saturated carbocycles. The molecule has 3 nitrogen and oxygen atoms in total. The third kappa shape index (κ3) is 2.76. The Hall–Kier alpha value is -2.52. The molecule has 23 heavy (non-hydrogen) atoms. The Kier molecular flexibility index (Phi) is 3.64. The molecule has 1 aromatic heterocycles. The van der Waals surface area contributed by atoms with Crippen LogP contribution in [0.3, 0.4) is 0 Å². The number of halogens is 1. The monoisotopic (exact) mass is 322 g/mol. The molecule has 1 aliphatic rings. The zero-order valence-corrected chi connectivity index (χ0v) is 13.1. The zero-order valence-electron chi connectivity index (χ0n) is 12.4. The summed E-state index contributed by atoms with van der Waals surface area (Å²) in [6.45, 7) is 0. The minimum atomic E-state index is 0.150. The summed E-state index contributed by atoms with van der Waals surface area (Å²) in [5.41, 5.74) is 3.20. The molecule has 0 N–H and O–H groups in total. The summed E-state index contributed by atoms with van der Waals surface area (Å²) < 4.78 is 5.53. The van der Waals surface area contributed by atoms with E-state index >= 15 is 0 Å². The molecule has 0 bridgehead atoms. The van der Waals surface area contributed by atoms with Crippen LogP contribution >= 0.6 is 11.6 Å². The highest BCUT2D eigenvalue weighted by atomic mass is 35.5. The lowest BCUT2D eigenvalue weighted by molar-refractivity contribution is 0.556. The molecular formula is C19H15ClN2O. The normalized spacial score (nSPS) is 17.3.